The van der Waals surface area contributed by atoms with E-state index in [9.17, 15) is 0 Å². The molecule has 0 saturated carbocycles. The first-order valence-electron chi connectivity index (χ1n) is 11.8. The van der Waals surface area contributed by atoms with Gasteiger partial charge < -0.3 is 36.3 Å². The second-order valence-electron chi connectivity index (χ2n) is 8.52. The van der Waals surface area contributed by atoms with Crippen LogP contribution in [0.3, 0.4) is 0 Å². The van der Waals surface area contributed by atoms with E-state index in [1.165, 1.54) is 0 Å². The van der Waals surface area contributed by atoms with Gasteiger partial charge in [-0.25, -0.2) is 4.99 Å². The fraction of sp³-hybridized carbons (Fsp3) is 0.185. The molecule has 5 rings (SSSR count). The van der Waals surface area contributed by atoms with Crippen LogP contribution >= 0.6 is 0 Å². The van der Waals surface area contributed by atoms with E-state index in [1.807, 2.05) is 48.5 Å². The summed E-state index contributed by atoms with van der Waals surface area (Å²) in [5.41, 5.74) is 17.0. The highest BCUT2D eigenvalue weighted by atomic mass is 16.5. The molecule has 3 heterocycles. The molecule has 0 radical (unpaired) electrons. The second-order valence-corrected chi connectivity index (χ2v) is 8.52. The Balaban J connectivity index is 1.60. The van der Waals surface area contributed by atoms with Crippen molar-refractivity contribution in [2.45, 2.75) is 12.5 Å². The number of fused-ring (bicyclic) bond motifs is 1. The van der Waals surface area contributed by atoms with Crippen LogP contribution in [-0.2, 0) is 0 Å². The van der Waals surface area contributed by atoms with Gasteiger partial charge in [-0.05, 0) is 47.5 Å². The monoisotopic (exact) mass is 512 g/mol. The van der Waals surface area contributed by atoms with Gasteiger partial charge in [-0.1, -0.05) is 12.1 Å². The van der Waals surface area contributed by atoms with Gasteiger partial charge in [0.1, 0.15) is 5.69 Å². The Labute approximate surface area is 219 Å². The first-order valence-corrected chi connectivity index (χ1v) is 11.8. The van der Waals surface area contributed by atoms with Crippen LogP contribution in [0, 0.1) is 0 Å². The predicted molar refractivity (Wildman–Crippen MR) is 148 cm³/mol. The van der Waals surface area contributed by atoms with Crippen LogP contribution < -0.4 is 36.3 Å². The molecule has 1 aliphatic rings. The normalized spacial score (nSPS) is 14.4. The molecule has 1 unspecified atom stereocenters. The first-order chi connectivity index (χ1) is 18.5. The maximum atomic E-state index is 6.24. The average molecular weight is 513 g/mol. The van der Waals surface area contributed by atoms with Crippen LogP contribution in [0.2, 0.25) is 0 Å². The van der Waals surface area contributed by atoms with Crippen molar-refractivity contribution >= 4 is 40.4 Å². The van der Waals surface area contributed by atoms with Gasteiger partial charge in [-0.2, -0.15) is 9.97 Å². The molecule has 0 spiro atoms. The van der Waals surface area contributed by atoms with E-state index in [0.717, 1.165) is 28.2 Å². The fourth-order valence-electron chi connectivity index (χ4n) is 4.36. The summed E-state index contributed by atoms with van der Waals surface area (Å²) >= 11 is 0. The number of benzene rings is 2. The molecule has 6 N–H and O–H groups in total. The lowest BCUT2D eigenvalue weighted by Gasteiger charge is -2.22. The third-order valence-electron chi connectivity index (χ3n) is 6.14. The van der Waals surface area contributed by atoms with Crippen molar-refractivity contribution < 1.29 is 14.2 Å². The van der Waals surface area contributed by atoms with Crippen molar-refractivity contribution in [2.75, 3.05) is 43.4 Å². The van der Waals surface area contributed by atoms with Crippen LogP contribution in [0.5, 0.6) is 17.2 Å². The highest BCUT2D eigenvalue weighted by Gasteiger charge is 2.26. The summed E-state index contributed by atoms with van der Waals surface area (Å²) in [6.07, 6.45) is 3.97. The van der Waals surface area contributed by atoms with E-state index in [4.69, 9.17) is 30.7 Å². The van der Waals surface area contributed by atoms with Crippen LogP contribution in [0.4, 0.5) is 34.6 Å². The largest absolute Gasteiger partial charge is 0.493 e. The van der Waals surface area contributed by atoms with Gasteiger partial charge in [0.15, 0.2) is 23.1 Å². The number of nitrogens with one attached hydrogen (secondary N) is 2. The van der Waals surface area contributed by atoms with Crippen LogP contribution in [0.25, 0.3) is 0 Å². The Kier molecular flexibility index (Phi) is 6.81. The molecule has 0 amide bonds. The molecule has 194 valence electrons. The maximum Gasteiger partial charge on any atom is 0.224 e. The van der Waals surface area contributed by atoms with Gasteiger partial charge in [0.05, 0.1) is 33.1 Å². The number of nitrogens with two attached hydrogens (primary N) is 2. The highest BCUT2D eigenvalue weighted by Crippen LogP contribution is 2.43. The number of hydrogen-bond donors (Lipinski definition) is 4. The Hall–Kier alpha value is -5.06. The summed E-state index contributed by atoms with van der Waals surface area (Å²) in [5, 5.41) is 6.85. The number of pyridine rings is 1. The van der Waals surface area contributed by atoms with Crippen molar-refractivity contribution in [3.05, 3.63) is 72.1 Å². The molecule has 38 heavy (non-hydrogen) atoms. The van der Waals surface area contributed by atoms with Gasteiger partial charge in [-0.15, -0.1) is 0 Å². The molecule has 11 heteroatoms. The predicted octanol–water partition coefficient (Wildman–Crippen LogP) is 4.48. The fourth-order valence-corrected chi connectivity index (χ4v) is 4.36. The number of anilines is 5. The summed E-state index contributed by atoms with van der Waals surface area (Å²) in [6.45, 7) is 0. The van der Waals surface area contributed by atoms with E-state index in [2.05, 4.69) is 25.6 Å². The molecule has 0 fully saturated rings. The van der Waals surface area contributed by atoms with Crippen LogP contribution in [0.15, 0.2) is 65.9 Å². The molecule has 2 aromatic heterocycles. The van der Waals surface area contributed by atoms with Crippen molar-refractivity contribution in [3.63, 3.8) is 0 Å². The summed E-state index contributed by atoms with van der Waals surface area (Å²) in [4.78, 5) is 17.5. The summed E-state index contributed by atoms with van der Waals surface area (Å²) < 4.78 is 16.7. The zero-order valence-corrected chi connectivity index (χ0v) is 21.2. The number of nitrogens with zero attached hydrogens (tertiary/aromatic N) is 4. The molecule has 2 aromatic carbocycles. The maximum absolute atomic E-state index is 6.24. The zero-order chi connectivity index (χ0) is 26.6. The number of nitrogen functional groups attached to an aromatic ring is 2. The van der Waals surface area contributed by atoms with E-state index in [0.29, 0.717) is 35.2 Å². The number of rotatable bonds is 7. The van der Waals surface area contributed by atoms with Crippen LogP contribution in [0.1, 0.15) is 23.6 Å². The lowest BCUT2D eigenvalue weighted by Crippen LogP contribution is -2.16. The Bertz CT molecular complexity index is 1470. The van der Waals surface area contributed by atoms with Gasteiger partial charge >= 0.3 is 0 Å². The summed E-state index contributed by atoms with van der Waals surface area (Å²) in [5.74, 6) is 2.27. The summed E-state index contributed by atoms with van der Waals surface area (Å²) in [7, 11) is 4.74. The third kappa shape index (κ3) is 4.94. The molecule has 11 nitrogen and oxygen atoms in total. The van der Waals surface area contributed by atoms with E-state index in [1.54, 1.807) is 33.7 Å². The number of hydrogen-bond acceptors (Lipinski definition) is 11. The molecular formula is C27H28N8O3. The second kappa shape index (κ2) is 10.5. The minimum Gasteiger partial charge on any atom is -0.493 e. The quantitative estimate of drug-likeness (QED) is 0.278. The van der Waals surface area contributed by atoms with E-state index in [-0.39, 0.29) is 17.8 Å². The number of methoxy groups -OCH3 is 3. The zero-order valence-electron chi connectivity index (χ0n) is 21.2. The molecule has 0 aliphatic carbocycles. The minimum atomic E-state index is -0.283. The van der Waals surface area contributed by atoms with E-state index < -0.39 is 0 Å². The van der Waals surface area contributed by atoms with Crippen LogP contribution in [-0.4, -0.2) is 42.0 Å². The molecule has 0 bridgehead atoms. The Morgan fingerprint density at radius 3 is 2.32 bits per heavy atom. The van der Waals surface area contributed by atoms with Gasteiger partial charge in [0, 0.05) is 30.2 Å². The highest BCUT2D eigenvalue weighted by molar-refractivity contribution is 6.05. The number of ether oxygens (including phenoxy) is 3. The molecular weight excluding hydrogens is 484 g/mol. The van der Waals surface area contributed by atoms with Gasteiger partial charge in [0.2, 0.25) is 11.7 Å². The molecule has 1 aliphatic heterocycles. The standard InChI is InChI=1S/C27H28N8O3/c1-36-21-12-16(13-22(37-2)24(21)38-3)20-14-19(32-23-25(28)34-27(29)35-26(23)33-20)15-5-4-6-18(11-15)31-17-7-9-30-10-8-17/h4-13,20H,14H2,1-3H3,(H,30,31)(H5,28,29,33,34,35). The molecule has 0 saturated heterocycles. The topological polar surface area (TPSA) is 155 Å². The van der Waals surface area contributed by atoms with Crippen molar-refractivity contribution in [2.24, 2.45) is 4.99 Å². The Morgan fingerprint density at radius 2 is 1.63 bits per heavy atom. The van der Waals surface area contributed by atoms with Gasteiger partial charge in [-0.3, -0.25) is 4.98 Å². The Morgan fingerprint density at radius 1 is 0.895 bits per heavy atom. The average Bonchev–Trinajstić information content (AvgIpc) is 3.13. The smallest absolute Gasteiger partial charge is 0.224 e. The lowest BCUT2D eigenvalue weighted by atomic mass is 9.96. The minimum absolute atomic E-state index is 0.0552. The molecule has 4 aromatic rings. The SMILES string of the molecule is COc1cc(C2CC(c3cccc(Nc4ccncc4)c3)=Nc3c(N)nc(N)nc3N2)cc(OC)c1OC. The van der Waals surface area contributed by atoms with Crippen molar-refractivity contribution in [1.82, 2.24) is 15.0 Å². The summed E-state index contributed by atoms with van der Waals surface area (Å²) in [6, 6.07) is 15.3. The first kappa shape index (κ1) is 24.6. The van der Waals surface area contributed by atoms with Crippen molar-refractivity contribution in [1.29, 1.82) is 0 Å². The van der Waals surface area contributed by atoms with Gasteiger partial charge in [0.25, 0.3) is 0 Å². The number of aromatic nitrogens is 3. The lowest BCUT2D eigenvalue weighted by molar-refractivity contribution is 0.323. The van der Waals surface area contributed by atoms with E-state index >= 15 is 0 Å². The third-order valence-corrected chi connectivity index (χ3v) is 6.14. The number of aliphatic imine (C=N–C) groups is 1. The molecule has 1 atom stereocenters. The van der Waals surface area contributed by atoms with Crippen molar-refractivity contribution in [3.8, 4) is 17.2 Å².